The Bertz CT molecular complexity index is 427. The number of hydrogen-bond acceptors (Lipinski definition) is 5. The number of nitrogens with zero attached hydrogens (tertiary/aromatic N) is 4. The quantitative estimate of drug-likeness (QED) is 0.678. The van der Waals surface area contributed by atoms with Gasteiger partial charge in [-0.3, -0.25) is 0 Å². The predicted molar refractivity (Wildman–Crippen MR) is 77.7 cm³/mol. The topological polar surface area (TPSA) is 60.2 Å². The van der Waals surface area contributed by atoms with Crippen LogP contribution in [0.1, 0.15) is 43.4 Å². The van der Waals surface area contributed by atoms with Crippen LogP contribution in [-0.2, 0) is 17.7 Å². The van der Waals surface area contributed by atoms with Gasteiger partial charge in [0.1, 0.15) is 0 Å². The Morgan fingerprint density at radius 2 is 2.10 bits per heavy atom. The fraction of sp³-hybridized carbons (Fsp3) is 0.786. The van der Waals surface area contributed by atoms with E-state index < -0.39 is 0 Å². The molecule has 6 heteroatoms. The van der Waals surface area contributed by atoms with Crippen molar-refractivity contribution in [1.29, 1.82) is 0 Å². The first kappa shape index (κ1) is 16.6. The van der Waals surface area contributed by atoms with E-state index in [1.807, 2.05) is 18.8 Å². The Morgan fingerprint density at radius 1 is 1.40 bits per heavy atom. The number of ether oxygens (including phenoxy) is 1. The molecule has 0 fully saturated rings. The van der Waals surface area contributed by atoms with Crippen molar-refractivity contribution in [3.05, 3.63) is 11.4 Å². The Morgan fingerprint density at radius 3 is 2.65 bits per heavy atom. The van der Waals surface area contributed by atoms with Crippen LogP contribution in [0.5, 0.6) is 0 Å². The Hall–Kier alpha value is -1.43. The maximum absolute atomic E-state index is 11.9. The van der Waals surface area contributed by atoms with E-state index in [9.17, 15) is 4.79 Å². The summed E-state index contributed by atoms with van der Waals surface area (Å²) in [4.78, 5) is 14.0. The number of carbonyl (C=O) groups excluding carboxylic acids is 1. The molecule has 0 saturated heterocycles. The molecule has 0 aliphatic rings. The highest BCUT2D eigenvalue weighted by atomic mass is 16.5. The molecule has 1 heterocycles. The number of esters is 1. The lowest BCUT2D eigenvalue weighted by Gasteiger charge is -2.12. The van der Waals surface area contributed by atoms with Crippen LogP contribution in [0.3, 0.4) is 0 Å². The summed E-state index contributed by atoms with van der Waals surface area (Å²) in [5.41, 5.74) is 1.25. The van der Waals surface area contributed by atoms with E-state index in [4.69, 9.17) is 4.74 Å². The highest BCUT2D eigenvalue weighted by molar-refractivity contribution is 5.88. The Balaban J connectivity index is 2.85. The summed E-state index contributed by atoms with van der Waals surface area (Å²) in [6.45, 7) is 8.13. The van der Waals surface area contributed by atoms with Crippen LogP contribution in [0.25, 0.3) is 0 Å². The zero-order chi connectivity index (χ0) is 15.1. The van der Waals surface area contributed by atoms with Crippen molar-refractivity contribution in [2.24, 2.45) is 5.92 Å². The molecule has 0 spiro atoms. The third-order valence-electron chi connectivity index (χ3n) is 2.88. The first-order valence-electron chi connectivity index (χ1n) is 7.19. The summed E-state index contributed by atoms with van der Waals surface area (Å²) in [7, 11) is 4.08. The highest BCUT2D eigenvalue weighted by Crippen LogP contribution is 2.13. The van der Waals surface area contributed by atoms with Gasteiger partial charge in [0.05, 0.1) is 12.3 Å². The summed E-state index contributed by atoms with van der Waals surface area (Å²) in [6, 6.07) is 0. The molecular weight excluding hydrogens is 256 g/mol. The minimum absolute atomic E-state index is 0.355. The number of aromatic nitrogens is 3. The normalized spacial score (nSPS) is 11.3. The van der Waals surface area contributed by atoms with Crippen molar-refractivity contribution in [1.82, 2.24) is 19.9 Å². The molecule has 114 valence electrons. The van der Waals surface area contributed by atoms with Crippen LogP contribution in [0.4, 0.5) is 0 Å². The summed E-state index contributed by atoms with van der Waals surface area (Å²) < 4.78 is 6.89. The van der Waals surface area contributed by atoms with Crippen LogP contribution < -0.4 is 0 Å². The van der Waals surface area contributed by atoms with Gasteiger partial charge in [0.25, 0.3) is 0 Å². The molecular formula is C14H26N4O2. The molecule has 1 aromatic heterocycles. The van der Waals surface area contributed by atoms with E-state index in [2.05, 4.69) is 29.1 Å². The van der Waals surface area contributed by atoms with E-state index >= 15 is 0 Å². The average molecular weight is 282 g/mol. The molecule has 1 rings (SSSR count). The van der Waals surface area contributed by atoms with Gasteiger partial charge in [0.2, 0.25) is 0 Å². The highest BCUT2D eigenvalue weighted by Gasteiger charge is 2.21. The molecule has 0 saturated carbocycles. The van der Waals surface area contributed by atoms with E-state index in [0.717, 1.165) is 31.6 Å². The summed E-state index contributed by atoms with van der Waals surface area (Å²) >= 11 is 0. The van der Waals surface area contributed by atoms with E-state index in [1.54, 1.807) is 6.92 Å². The van der Waals surface area contributed by atoms with Gasteiger partial charge in [-0.25, -0.2) is 9.48 Å². The number of carbonyl (C=O) groups is 1. The van der Waals surface area contributed by atoms with Gasteiger partial charge in [0, 0.05) is 6.54 Å². The maximum Gasteiger partial charge on any atom is 0.360 e. The molecule has 0 aliphatic carbocycles. The van der Waals surface area contributed by atoms with Gasteiger partial charge in [-0.2, -0.15) is 0 Å². The van der Waals surface area contributed by atoms with Gasteiger partial charge >= 0.3 is 5.97 Å². The second-order valence-electron chi connectivity index (χ2n) is 5.58. The monoisotopic (exact) mass is 282 g/mol. The zero-order valence-electron chi connectivity index (χ0n) is 13.2. The number of aryl methyl sites for hydroxylation is 1. The smallest absolute Gasteiger partial charge is 0.360 e. The first-order chi connectivity index (χ1) is 9.45. The van der Waals surface area contributed by atoms with Gasteiger partial charge in [-0.1, -0.05) is 19.1 Å². The molecule has 20 heavy (non-hydrogen) atoms. The van der Waals surface area contributed by atoms with Crippen LogP contribution in [0.15, 0.2) is 0 Å². The fourth-order valence-corrected chi connectivity index (χ4v) is 2.00. The summed E-state index contributed by atoms with van der Waals surface area (Å²) in [6.07, 6.45) is 1.76. The Labute approximate surface area is 121 Å². The number of hydrogen-bond donors (Lipinski definition) is 0. The summed E-state index contributed by atoms with van der Waals surface area (Å²) in [5, 5.41) is 8.13. The SMILES string of the molecule is CCOC(=O)c1nnn(CCCN(C)C)c1CC(C)C. The van der Waals surface area contributed by atoms with Crippen LogP contribution >= 0.6 is 0 Å². The average Bonchev–Trinajstić information content (AvgIpc) is 2.71. The molecule has 0 N–H and O–H groups in total. The largest absolute Gasteiger partial charge is 0.461 e. The zero-order valence-corrected chi connectivity index (χ0v) is 13.2. The van der Waals surface area contributed by atoms with Crippen LogP contribution in [0.2, 0.25) is 0 Å². The molecule has 6 nitrogen and oxygen atoms in total. The van der Waals surface area contributed by atoms with Crippen molar-refractivity contribution in [3.8, 4) is 0 Å². The molecule has 0 radical (unpaired) electrons. The minimum Gasteiger partial charge on any atom is -0.461 e. The van der Waals surface area contributed by atoms with E-state index in [0.29, 0.717) is 18.2 Å². The van der Waals surface area contributed by atoms with Crippen molar-refractivity contribution >= 4 is 5.97 Å². The maximum atomic E-state index is 11.9. The lowest BCUT2D eigenvalue weighted by atomic mass is 10.1. The van der Waals surface area contributed by atoms with Gasteiger partial charge < -0.3 is 9.64 Å². The molecule has 0 bridgehead atoms. The molecule has 1 aromatic rings. The van der Waals surface area contributed by atoms with Gasteiger partial charge in [0.15, 0.2) is 5.69 Å². The third kappa shape index (κ3) is 4.92. The van der Waals surface area contributed by atoms with Crippen molar-refractivity contribution in [3.63, 3.8) is 0 Å². The molecule has 0 aromatic carbocycles. The van der Waals surface area contributed by atoms with Crippen molar-refractivity contribution < 1.29 is 9.53 Å². The van der Waals surface area contributed by atoms with E-state index in [-0.39, 0.29) is 5.97 Å². The second kappa shape index (κ2) is 7.99. The van der Waals surface area contributed by atoms with Crippen LogP contribution in [0, 0.1) is 5.92 Å². The molecule has 0 aliphatic heterocycles. The van der Waals surface area contributed by atoms with Gasteiger partial charge in [-0.05, 0) is 46.3 Å². The lowest BCUT2D eigenvalue weighted by molar-refractivity contribution is 0.0517. The first-order valence-corrected chi connectivity index (χ1v) is 7.19. The molecule has 0 unspecified atom stereocenters. The standard InChI is InChI=1S/C14H26N4O2/c1-6-20-14(19)13-12(10-11(2)3)18(16-15-13)9-7-8-17(4)5/h11H,6-10H2,1-5H3. The summed E-state index contributed by atoms with van der Waals surface area (Å²) in [5.74, 6) is 0.0660. The van der Waals surface area contributed by atoms with E-state index in [1.165, 1.54) is 0 Å². The fourth-order valence-electron chi connectivity index (χ4n) is 2.00. The lowest BCUT2D eigenvalue weighted by Crippen LogP contribution is -2.17. The van der Waals surface area contributed by atoms with Crippen LogP contribution in [-0.4, -0.2) is 53.1 Å². The van der Waals surface area contributed by atoms with Crippen molar-refractivity contribution in [2.75, 3.05) is 27.2 Å². The number of rotatable bonds is 8. The van der Waals surface area contributed by atoms with Crippen molar-refractivity contribution in [2.45, 2.75) is 40.2 Å². The predicted octanol–water partition coefficient (Wildman–Crippen LogP) is 1.60. The second-order valence-corrected chi connectivity index (χ2v) is 5.58. The molecule has 0 amide bonds. The minimum atomic E-state index is -0.373. The Kier molecular flexibility index (Phi) is 6.64. The van der Waals surface area contributed by atoms with Gasteiger partial charge in [-0.15, -0.1) is 5.10 Å². The molecule has 0 atom stereocenters. The third-order valence-corrected chi connectivity index (χ3v) is 2.88.